The lowest BCUT2D eigenvalue weighted by molar-refractivity contribution is -0.122. The van der Waals surface area contributed by atoms with Crippen LogP contribution in [0.5, 0.6) is 11.5 Å². The van der Waals surface area contributed by atoms with Gasteiger partial charge in [0.25, 0.3) is 0 Å². The van der Waals surface area contributed by atoms with Crippen LogP contribution in [0.1, 0.15) is 31.4 Å². The zero-order valence-electron chi connectivity index (χ0n) is 17.5. The van der Waals surface area contributed by atoms with Crippen molar-refractivity contribution in [3.63, 3.8) is 0 Å². The highest BCUT2D eigenvalue weighted by Crippen LogP contribution is 2.34. The predicted molar refractivity (Wildman–Crippen MR) is 114 cm³/mol. The number of hydrogen-bond donors (Lipinski definition) is 1. The molecule has 0 aliphatic carbocycles. The van der Waals surface area contributed by atoms with Crippen LogP contribution in [0.3, 0.4) is 0 Å². The van der Waals surface area contributed by atoms with Crippen molar-refractivity contribution in [3.05, 3.63) is 47.5 Å². The van der Waals surface area contributed by atoms with Crippen molar-refractivity contribution in [1.29, 1.82) is 0 Å². The molecule has 1 aliphatic heterocycles. The third-order valence-electron chi connectivity index (χ3n) is 5.40. The first-order valence-corrected chi connectivity index (χ1v) is 9.96. The molecular weight excluding hydrogens is 368 g/mol. The van der Waals surface area contributed by atoms with Gasteiger partial charge in [-0.25, -0.2) is 0 Å². The Hall–Kier alpha value is -3.02. The number of ether oxygens (including phenoxy) is 2. The second-order valence-electron chi connectivity index (χ2n) is 7.09. The Bertz CT molecular complexity index is 887. The van der Waals surface area contributed by atoms with Crippen molar-refractivity contribution in [3.8, 4) is 11.5 Å². The summed E-state index contributed by atoms with van der Waals surface area (Å²) in [4.78, 5) is 27.5. The van der Waals surface area contributed by atoms with E-state index in [-0.39, 0.29) is 18.2 Å². The van der Waals surface area contributed by atoms with E-state index in [1.807, 2.05) is 6.07 Å². The van der Waals surface area contributed by atoms with Gasteiger partial charge in [-0.05, 0) is 36.1 Å². The van der Waals surface area contributed by atoms with Crippen molar-refractivity contribution >= 4 is 23.2 Å². The SMILES string of the molecule is CCc1cccc(CC)c1N1C[C@H](C(=O)Nc2ccc(OC)cc2OC)CC1=O. The summed E-state index contributed by atoms with van der Waals surface area (Å²) < 4.78 is 10.5. The number of hydrogen-bond acceptors (Lipinski definition) is 4. The molecule has 1 heterocycles. The molecule has 1 saturated heterocycles. The van der Waals surface area contributed by atoms with Crippen LogP contribution in [0, 0.1) is 5.92 Å². The molecule has 2 amide bonds. The minimum absolute atomic E-state index is 0.0116. The number of amides is 2. The molecule has 0 bridgehead atoms. The molecule has 0 radical (unpaired) electrons. The lowest BCUT2D eigenvalue weighted by Crippen LogP contribution is -2.29. The molecule has 0 aromatic heterocycles. The summed E-state index contributed by atoms with van der Waals surface area (Å²) in [5.74, 6) is 0.552. The summed E-state index contributed by atoms with van der Waals surface area (Å²) >= 11 is 0. The van der Waals surface area contributed by atoms with E-state index >= 15 is 0 Å². The van der Waals surface area contributed by atoms with Crippen molar-refractivity contribution < 1.29 is 19.1 Å². The molecule has 0 spiro atoms. The van der Waals surface area contributed by atoms with E-state index in [1.165, 1.54) is 0 Å². The van der Waals surface area contributed by atoms with Gasteiger partial charge in [-0.2, -0.15) is 0 Å². The van der Waals surface area contributed by atoms with Gasteiger partial charge >= 0.3 is 0 Å². The molecule has 2 aromatic carbocycles. The molecule has 154 valence electrons. The minimum Gasteiger partial charge on any atom is -0.497 e. The number of carbonyl (C=O) groups excluding carboxylic acids is 2. The molecule has 1 fully saturated rings. The minimum atomic E-state index is -0.413. The summed E-state index contributed by atoms with van der Waals surface area (Å²) in [7, 11) is 3.11. The Labute approximate surface area is 171 Å². The third kappa shape index (κ3) is 4.21. The molecule has 6 nitrogen and oxygen atoms in total. The normalized spacial score (nSPS) is 16.1. The molecule has 3 rings (SSSR count). The van der Waals surface area contributed by atoms with Crippen LogP contribution in [0.2, 0.25) is 0 Å². The van der Waals surface area contributed by atoms with Gasteiger partial charge in [-0.3, -0.25) is 9.59 Å². The summed E-state index contributed by atoms with van der Waals surface area (Å²) in [6.45, 7) is 4.55. The fraction of sp³-hybridized carbons (Fsp3) is 0.391. The van der Waals surface area contributed by atoms with E-state index in [2.05, 4.69) is 31.3 Å². The standard InChI is InChI=1S/C23H28N2O4/c1-5-15-8-7-9-16(6-2)22(15)25-14-17(12-21(25)26)23(27)24-19-11-10-18(28-3)13-20(19)29-4/h7-11,13,17H,5-6,12,14H2,1-4H3,(H,24,27)/t17-/m1/s1. The number of carbonyl (C=O) groups is 2. The maximum absolute atomic E-state index is 12.9. The fourth-order valence-corrected chi connectivity index (χ4v) is 3.80. The monoisotopic (exact) mass is 396 g/mol. The average molecular weight is 396 g/mol. The highest BCUT2D eigenvalue weighted by atomic mass is 16.5. The number of methoxy groups -OCH3 is 2. The molecule has 0 saturated carbocycles. The highest BCUT2D eigenvalue weighted by molar-refractivity contribution is 6.04. The molecule has 1 aliphatic rings. The summed E-state index contributed by atoms with van der Waals surface area (Å²) in [5, 5.41) is 2.91. The predicted octanol–water partition coefficient (Wildman–Crippen LogP) is 3.82. The van der Waals surface area contributed by atoms with Crippen LogP contribution in [-0.2, 0) is 22.4 Å². The van der Waals surface area contributed by atoms with Gasteiger partial charge in [0.15, 0.2) is 0 Å². The van der Waals surface area contributed by atoms with Gasteiger partial charge in [0.05, 0.1) is 25.8 Å². The second kappa shape index (κ2) is 8.99. The highest BCUT2D eigenvalue weighted by Gasteiger charge is 2.36. The van der Waals surface area contributed by atoms with Crippen LogP contribution in [0.25, 0.3) is 0 Å². The Kier molecular flexibility index (Phi) is 6.42. The van der Waals surface area contributed by atoms with Crippen LogP contribution in [0.15, 0.2) is 36.4 Å². The lowest BCUT2D eigenvalue weighted by atomic mass is 10.0. The number of nitrogens with zero attached hydrogens (tertiary/aromatic N) is 1. The van der Waals surface area contributed by atoms with E-state index in [0.717, 1.165) is 29.7 Å². The Morgan fingerprint density at radius 3 is 2.38 bits per heavy atom. The maximum atomic E-state index is 12.9. The molecule has 29 heavy (non-hydrogen) atoms. The smallest absolute Gasteiger partial charge is 0.229 e. The van der Waals surface area contributed by atoms with Gasteiger partial charge in [0, 0.05) is 24.7 Å². The van der Waals surface area contributed by atoms with Crippen molar-refractivity contribution in [2.45, 2.75) is 33.1 Å². The van der Waals surface area contributed by atoms with Crippen molar-refractivity contribution in [2.75, 3.05) is 31.0 Å². The molecule has 2 aromatic rings. The van der Waals surface area contributed by atoms with E-state index in [1.54, 1.807) is 37.3 Å². The van der Waals surface area contributed by atoms with Crippen molar-refractivity contribution in [1.82, 2.24) is 0 Å². The number of para-hydroxylation sites is 1. The fourth-order valence-electron chi connectivity index (χ4n) is 3.80. The summed E-state index contributed by atoms with van der Waals surface area (Å²) in [6, 6.07) is 11.4. The van der Waals surface area contributed by atoms with Gasteiger partial charge in [0.1, 0.15) is 11.5 Å². The molecular formula is C23H28N2O4. The van der Waals surface area contributed by atoms with E-state index in [4.69, 9.17) is 9.47 Å². The second-order valence-corrected chi connectivity index (χ2v) is 7.09. The Balaban J connectivity index is 1.80. The summed E-state index contributed by atoms with van der Waals surface area (Å²) in [5.41, 5.74) is 3.80. The molecule has 0 unspecified atom stereocenters. The van der Waals surface area contributed by atoms with E-state index < -0.39 is 5.92 Å². The van der Waals surface area contributed by atoms with E-state index in [0.29, 0.717) is 23.7 Å². The van der Waals surface area contributed by atoms with Gasteiger partial charge in [0.2, 0.25) is 11.8 Å². The lowest BCUT2D eigenvalue weighted by Gasteiger charge is -2.23. The largest absolute Gasteiger partial charge is 0.497 e. The molecule has 6 heteroatoms. The van der Waals surface area contributed by atoms with Gasteiger partial charge < -0.3 is 19.7 Å². The van der Waals surface area contributed by atoms with Crippen LogP contribution in [-0.4, -0.2) is 32.6 Å². The third-order valence-corrected chi connectivity index (χ3v) is 5.40. The van der Waals surface area contributed by atoms with Gasteiger partial charge in [-0.15, -0.1) is 0 Å². The number of benzene rings is 2. The van der Waals surface area contributed by atoms with Crippen LogP contribution >= 0.6 is 0 Å². The summed E-state index contributed by atoms with van der Waals surface area (Å²) in [6.07, 6.45) is 1.88. The first-order chi connectivity index (χ1) is 14.0. The number of rotatable bonds is 7. The van der Waals surface area contributed by atoms with Crippen LogP contribution < -0.4 is 19.7 Å². The number of nitrogens with one attached hydrogen (secondary N) is 1. The van der Waals surface area contributed by atoms with Crippen LogP contribution in [0.4, 0.5) is 11.4 Å². The number of aryl methyl sites for hydroxylation is 2. The molecule has 1 atom stereocenters. The zero-order valence-corrected chi connectivity index (χ0v) is 17.5. The van der Waals surface area contributed by atoms with Gasteiger partial charge in [-0.1, -0.05) is 32.0 Å². The quantitative estimate of drug-likeness (QED) is 0.773. The average Bonchev–Trinajstić information content (AvgIpc) is 3.14. The topological polar surface area (TPSA) is 67.9 Å². The first-order valence-electron chi connectivity index (χ1n) is 9.96. The Morgan fingerprint density at radius 2 is 1.79 bits per heavy atom. The van der Waals surface area contributed by atoms with E-state index in [9.17, 15) is 9.59 Å². The zero-order chi connectivity index (χ0) is 21.0. The molecule has 1 N–H and O–H groups in total. The number of anilines is 2. The van der Waals surface area contributed by atoms with Crippen molar-refractivity contribution in [2.24, 2.45) is 5.92 Å². The first kappa shape index (κ1) is 20.7. The Morgan fingerprint density at radius 1 is 1.10 bits per heavy atom. The maximum Gasteiger partial charge on any atom is 0.229 e.